The molecule has 1 amide bonds. The Hall–Kier alpha value is -3.09. The van der Waals surface area contributed by atoms with Gasteiger partial charge in [-0.1, -0.05) is 18.2 Å². The molecule has 28 heavy (non-hydrogen) atoms. The maximum atomic E-state index is 12.6. The van der Waals surface area contributed by atoms with Gasteiger partial charge in [0.2, 0.25) is 0 Å². The number of hydrogen-bond acceptors (Lipinski definition) is 5. The fourth-order valence-corrected chi connectivity index (χ4v) is 3.90. The van der Waals surface area contributed by atoms with E-state index in [1.54, 1.807) is 12.1 Å². The molecule has 2 heterocycles. The average molecular weight is 381 g/mol. The fraction of sp³-hybridized carbons (Fsp3) is 0.381. The molecule has 2 aliphatic heterocycles. The fourth-order valence-electron chi connectivity index (χ4n) is 3.90. The van der Waals surface area contributed by atoms with E-state index < -0.39 is 4.92 Å². The Morgan fingerprint density at radius 2 is 2.00 bits per heavy atom. The van der Waals surface area contributed by atoms with Crippen LogP contribution in [0.15, 0.2) is 42.5 Å². The highest BCUT2D eigenvalue weighted by Gasteiger charge is 2.25. The topological polar surface area (TPSA) is 84.7 Å². The monoisotopic (exact) mass is 381 g/mol. The molecule has 1 saturated heterocycles. The zero-order chi connectivity index (χ0) is 19.5. The zero-order valence-electron chi connectivity index (χ0n) is 15.6. The van der Waals surface area contributed by atoms with Crippen LogP contribution in [0.1, 0.15) is 28.8 Å². The second-order valence-corrected chi connectivity index (χ2v) is 7.35. The minimum Gasteiger partial charge on any atom is -0.493 e. The minimum atomic E-state index is -0.406. The molecule has 0 saturated carbocycles. The number of amides is 1. The van der Waals surface area contributed by atoms with Crippen molar-refractivity contribution >= 4 is 17.3 Å². The molecular formula is C21H23N3O4. The van der Waals surface area contributed by atoms with Gasteiger partial charge in [-0.3, -0.25) is 14.9 Å². The highest BCUT2D eigenvalue weighted by molar-refractivity contribution is 5.95. The maximum Gasteiger partial charge on any atom is 0.293 e. The van der Waals surface area contributed by atoms with Crippen molar-refractivity contribution in [1.29, 1.82) is 0 Å². The third-order valence-corrected chi connectivity index (χ3v) is 5.39. The first-order valence-electron chi connectivity index (χ1n) is 9.64. The van der Waals surface area contributed by atoms with Crippen LogP contribution in [0.3, 0.4) is 0 Å². The van der Waals surface area contributed by atoms with Gasteiger partial charge < -0.3 is 15.0 Å². The molecule has 0 spiro atoms. The Morgan fingerprint density at radius 1 is 1.21 bits per heavy atom. The van der Waals surface area contributed by atoms with Gasteiger partial charge in [-0.25, -0.2) is 0 Å². The van der Waals surface area contributed by atoms with Gasteiger partial charge in [0.05, 0.1) is 11.5 Å². The number of fused-ring (bicyclic) bond motifs is 1. The van der Waals surface area contributed by atoms with Crippen LogP contribution in [0, 0.1) is 16.0 Å². The van der Waals surface area contributed by atoms with Gasteiger partial charge in [0.15, 0.2) is 0 Å². The summed E-state index contributed by atoms with van der Waals surface area (Å²) >= 11 is 0. The maximum absolute atomic E-state index is 12.6. The van der Waals surface area contributed by atoms with Crippen molar-refractivity contribution in [2.45, 2.75) is 19.3 Å². The van der Waals surface area contributed by atoms with E-state index in [0.717, 1.165) is 43.7 Å². The number of carbonyl (C=O) groups is 1. The largest absolute Gasteiger partial charge is 0.493 e. The molecular weight excluding hydrogens is 358 g/mol. The molecule has 4 rings (SSSR count). The van der Waals surface area contributed by atoms with Crippen molar-refractivity contribution in [3.63, 3.8) is 0 Å². The molecule has 0 bridgehead atoms. The number of nitrogens with one attached hydrogen (secondary N) is 1. The molecule has 146 valence electrons. The number of anilines is 1. The van der Waals surface area contributed by atoms with Crippen LogP contribution >= 0.6 is 0 Å². The molecule has 1 atom stereocenters. The van der Waals surface area contributed by atoms with E-state index in [0.29, 0.717) is 24.4 Å². The number of nitrogens with zero attached hydrogens (tertiary/aromatic N) is 2. The molecule has 1 unspecified atom stereocenters. The third-order valence-electron chi connectivity index (χ3n) is 5.39. The van der Waals surface area contributed by atoms with Crippen molar-refractivity contribution < 1.29 is 14.5 Å². The van der Waals surface area contributed by atoms with Crippen molar-refractivity contribution in [1.82, 2.24) is 5.32 Å². The van der Waals surface area contributed by atoms with Crippen molar-refractivity contribution in [2.24, 2.45) is 5.92 Å². The summed E-state index contributed by atoms with van der Waals surface area (Å²) in [4.78, 5) is 25.7. The van der Waals surface area contributed by atoms with Crippen molar-refractivity contribution in [3.05, 3.63) is 63.7 Å². The van der Waals surface area contributed by atoms with Crippen LogP contribution in [0.2, 0.25) is 0 Å². The first kappa shape index (κ1) is 18.3. The average Bonchev–Trinajstić information content (AvgIpc) is 3.26. The van der Waals surface area contributed by atoms with Crippen LogP contribution in [0.25, 0.3) is 0 Å². The van der Waals surface area contributed by atoms with Gasteiger partial charge in [0.1, 0.15) is 11.4 Å². The number of nitro groups is 1. The lowest BCUT2D eigenvalue weighted by molar-refractivity contribution is -0.384. The van der Waals surface area contributed by atoms with E-state index in [1.807, 2.05) is 29.2 Å². The lowest BCUT2D eigenvalue weighted by Gasteiger charge is -2.25. The smallest absolute Gasteiger partial charge is 0.293 e. The molecule has 1 N–H and O–H groups in total. The number of hydrogen-bond donors (Lipinski definition) is 1. The first-order valence-corrected chi connectivity index (χ1v) is 9.64. The van der Waals surface area contributed by atoms with E-state index in [1.165, 1.54) is 6.07 Å². The summed E-state index contributed by atoms with van der Waals surface area (Å²) in [6, 6.07) is 12.6. The van der Waals surface area contributed by atoms with Crippen LogP contribution < -0.4 is 15.0 Å². The van der Waals surface area contributed by atoms with Crippen molar-refractivity contribution in [2.75, 3.05) is 31.1 Å². The molecule has 2 aromatic carbocycles. The van der Waals surface area contributed by atoms with E-state index in [2.05, 4.69) is 5.32 Å². The summed E-state index contributed by atoms with van der Waals surface area (Å²) in [5, 5.41) is 14.4. The Kier molecular flexibility index (Phi) is 5.14. The van der Waals surface area contributed by atoms with E-state index in [-0.39, 0.29) is 17.5 Å². The van der Waals surface area contributed by atoms with Gasteiger partial charge in [-0.05, 0) is 43.0 Å². The Bertz CT molecular complexity index is 893. The summed E-state index contributed by atoms with van der Waals surface area (Å²) in [6.07, 6.45) is 2.91. The Morgan fingerprint density at radius 3 is 2.79 bits per heavy atom. The predicted octanol–water partition coefficient (Wildman–Crippen LogP) is 3.18. The van der Waals surface area contributed by atoms with Gasteiger partial charge in [-0.15, -0.1) is 0 Å². The number of nitro benzene ring substituents is 1. The van der Waals surface area contributed by atoms with Crippen LogP contribution in [0.5, 0.6) is 5.75 Å². The molecule has 2 aromatic rings. The molecule has 1 fully saturated rings. The summed E-state index contributed by atoms with van der Waals surface area (Å²) in [7, 11) is 0. The molecule has 7 nitrogen and oxygen atoms in total. The standard InChI is InChI=1S/C21H23N3O4/c25-21(22-13-15-11-16-5-1-2-6-20(16)28-14-15)17-7-8-18(19(12-17)24(26)27)23-9-3-4-10-23/h1-2,5-8,12,15H,3-4,9-11,13-14H2,(H,22,25). The summed E-state index contributed by atoms with van der Waals surface area (Å²) in [6.45, 7) is 2.64. The quantitative estimate of drug-likeness (QED) is 0.635. The number of rotatable bonds is 5. The SMILES string of the molecule is O=C(NCC1COc2ccccc2C1)c1ccc(N2CCCC2)c([N+](=O)[O-])c1. The van der Waals surface area contributed by atoms with E-state index in [9.17, 15) is 14.9 Å². The van der Waals surface area contributed by atoms with Gasteiger partial charge in [0.25, 0.3) is 11.6 Å². The molecule has 2 aliphatic rings. The Labute approximate surface area is 163 Å². The Balaban J connectivity index is 1.42. The summed E-state index contributed by atoms with van der Waals surface area (Å²) in [5.74, 6) is 0.783. The summed E-state index contributed by atoms with van der Waals surface area (Å²) < 4.78 is 5.75. The zero-order valence-corrected chi connectivity index (χ0v) is 15.6. The second-order valence-electron chi connectivity index (χ2n) is 7.35. The third kappa shape index (κ3) is 3.78. The number of para-hydroxylation sites is 1. The summed E-state index contributed by atoms with van der Waals surface area (Å²) in [5.41, 5.74) is 2.03. The van der Waals surface area contributed by atoms with Crippen LogP contribution in [-0.2, 0) is 6.42 Å². The van der Waals surface area contributed by atoms with Gasteiger partial charge in [0, 0.05) is 37.2 Å². The first-order chi connectivity index (χ1) is 13.6. The van der Waals surface area contributed by atoms with Crippen LogP contribution in [0.4, 0.5) is 11.4 Å². The minimum absolute atomic E-state index is 0.00974. The highest BCUT2D eigenvalue weighted by Crippen LogP contribution is 2.32. The molecule has 0 aliphatic carbocycles. The lowest BCUT2D eigenvalue weighted by Crippen LogP contribution is -2.34. The van der Waals surface area contributed by atoms with Gasteiger partial charge in [-0.2, -0.15) is 0 Å². The predicted molar refractivity (Wildman–Crippen MR) is 106 cm³/mol. The van der Waals surface area contributed by atoms with Crippen LogP contribution in [-0.4, -0.2) is 37.1 Å². The number of benzene rings is 2. The number of ether oxygens (including phenoxy) is 1. The van der Waals surface area contributed by atoms with Gasteiger partial charge >= 0.3 is 0 Å². The lowest BCUT2D eigenvalue weighted by atomic mass is 9.96. The molecule has 0 aromatic heterocycles. The van der Waals surface area contributed by atoms with Crippen molar-refractivity contribution in [3.8, 4) is 5.75 Å². The normalized spacial score (nSPS) is 18.3. The van der Waals surface area contributed by atoms with E-state index in [4.69, 9.17) is 4.74 Å². The number of carbonyl (C=O) groups excluding carboxylic acids is 1. The molecule has 7 heteroatoms. The molecule has 0 radical (unpaired) electrons. The highest BCUT2D eigenvalue weighted by atomic mass is 16.6. The second kappa shape index (κ2) is 7.88. The van der Waals surface area contributed by atoms with E-state index >= 15 is 0 Å².